The van der Waals surface area contributed by atoms with Crippen LogP contribution in [0.1, 0.15) is 25.5 Å². The first-order chi connectivity index (χ1) is 20.3. The van der Waals surface area contributed by atoms with Crippen molar-refractivity contribution in [3.63, 3.8) is 0 Å². The number of rotatable bonds is 7. The van der Waals surface area contributed by atoms with Gasteiger partial charge in [0.15, 0.2) is 0 Å². The van der Waals surface area contributed by atoms with E-state index in [1.807, 2.05) is 49.6 Å². The first kappa shape index (κ1) is 26.7. The second-order valence-electron chi connectivity index (χ2n) is 10.2. The second-order valence-corrected chi connectivity index (χ2v) is 10.2. The molecule has 2 amide bonds. The highest BCUT2D eigenvalue weighted by molar-refractivity contribution is 6.02. The number of aromatic amines is 1. The normalized spacial score (nSPS) is 11.2. The van der Waals surface area contributed by atoms with Gasteiger partial charge in [0.05, 0.1) is 34.5 Å². The van der Waals surface area contributed by atoms with Crippen molar-refractivity contribution in [1.82, 2.24) is 24.7 Å². The van der Waals surface area contributed by atoms with E-state index in [0.29, 0.717) is 17.1 Å². The largest absolute Gasteiger partial charge is 0.457 e. The predicted molar refractivity (Wildman–Crippen MR) is 161 cm³/mol. The summed E-state index contributed by atoms with van der Waals surface area (Å²) in [6, 6.07) is 18.8. The van der Waals surface area contributed by atoms with Crippen LogP contribution < -0.4 is 15.4 Å². The number of benzene rings is 2. The van der Waals surface area contributed by atoms with Gasteiger partial charge in [-0.1, -0.05) is 26.0 Å². The Hall–Kier alpha value is -5.51. The average Bonchev–Trinajstić information content (AvgIpc) is 3.61. The van der Waals surface area contributed by atoms with Crippen LogP contribution in [0.3, 0.4) is 0 Å². The molecular formula is C32H28FN7O2. The van der Waals surface area contributed by atoms with Crippen LogP contribution in [0.15, 0.2) is 91.5 Å². The van der Waals surface area contributed by atoms with Gasteiger partial charge in [-0.3, -0.25) is 14.6 Å². The first-order valence-electron chi connectivity index (χ1n) is 13.4. The number of fused-ring (bicyclic) bond motifs is 1. The van der Waals surface area contributed by atoms with Crippen LogP contribution in [0.5, 0.6) is 11.5 Å². The molecule has 0 fully saturated rings. The van der Waals surface area contributed by atoms with Crippen LogP contribution in [0.2, 0.25) is 0 Å². The van der Waals surface area contributed by atoms with Gasteiger partial charge in [0.25, 0.3) is 0 Å². The van der Waals surface area contributed by atoms with Gasteiger partial charge in [-0.15, -0.1) is 0 Å². The van der Waals surface area contributed by atoms with Crippen molar-refractivity contribution in [2.45, 2.75) is 19.8 Å². The number of nitrogens with zero attached hydrogens (tertiary/aromatic N) is 4. The number of hydrogen-bond acceptors (Lipinski definition) is 5. The number of nitrogens with one attached hydrogen (secondary N) is 3. The van der Waals surface area contributed by atoms with E-state index in [4.69, 9.17) is 4.74 Å². The number of carbonyl (C=O) groups excluding carboxylic acids is 1. The van der Waals surface area contributed by atoms with Crippen molar-refractivity contribution in [3.8, 4) is 34.0 Å². The first-order valence-corrected chi connectivity index (χ1v) is 13.4. The number of H-pyrrole nitrogens is 1. The molecule has 3 N–H and O–H groups in total. The van der Waals surface area contributed by atoms with Crippen molar-refractivity contribution in [1.29, 1.82) is 0 Å². The highest BCUT2D eigenvalue weighted by atomic mass is 19.1. The highest BCUT2D eigenvalue weighted by Crippen LogP contribution is 2.33. The number of hydrogen-bond donors (Lipinski definition) is 3. The maximum absolute atomic E-state index is 15.0. The molecular weight excluding hydrogens is 533 g/mol. The molecule has 0 aliphatic carbocycles. The summed E-state index contributed by atoms with van der Waals surface area (Å²) in [5, 5.41) is 10.6. The van der Waals surface area contributed by atoms with E-state index < -0.39 is 11.8 Å². The molecule has 0 radical (unpaired) electrons. The lowest BCUT2D eigenvalue weighted by Crippen LogP contribution is -2.20. The topological polar surface area (TPSA) is 110 Å². The minimum absolute atomic E-state index is 0.0172. The Labute approximate surface area is 241 Å². The maximum Gasteiger partial charge on any atom is 0.323 e. The summed E-state index contributed by atoms with van der Waals surface area (Å²) in [6.07, 6.45) is 6.91. The fourth-order valence-corrected chi connectivity index (χ4v) is 4.60. The molecule has 0 aliphatic rings. The Morgan fingerprint density at radius 3 is 2.55 bits per heavy atom. The molecule has 0 saturated carbocycles. The molecule has 6 rings (SSSR count). The van der Waals surface area contributed by atoms with Crippen LogP contribution in [-0.2, 0) is 7.05 Å². The predicted octanol–water partition coefficient (Wildman–Crippen LogP) is 7.72. The molecule has 4 heterocycles. The lowest BCUT2D eigenvalue weighted by molar-refractivity contribution is 0.262. The number of anilines is 2. The van der Waals surface area contributed by atoms with Gasteiger partial charge in [0.2, 0.25) is 0 Å². The van der Waals surface area contributed by atoms with Crippen LogP contribution >= 0.6 is 0 Å². The molecule has 0 atom stereocenters. The van der Waals surface area contributed by atoms with Crippen molar-refractivity contribution in [3.05, 3.63) is 103 Å². The van der Waals surface area contributed by atoms with E-state index in [1.54, 1.807) is 41.5 Å². The molecule has 10 heteroatoms. The van der Waals surface area contributed by atoms with E-state index in [9.17, 15) is 4.79 Å². The molecule has 9 nitrogen and oxygen atoms in total. The fourth-order valence-electron chi connectivity index (χ4n) is 4.60. The van der Waals surface area contributed by atoms with Crippen LogP contribution in [0.25, 0.3) is 33.4 Å². The quantitative estimate of drug-likeness (QED) is 0.185. The molecule has 0 unspecified atom stereocenters. The zero-order valence-corrected chi connectivity index (χ0v) is 23.2. The SMILES string of the molecule is CC(C)c1cc(NC(=O)Nc2ccc(Oc3ccnc(-c4cnn(C)c4)c3)cc2F)c(-c2ccc3ncccc3c2)[nH]1. The van der Waals surface area contributed by atoms with E-state index in [1.165, 1.54) is 12.1 Å². The summed E-state index contributed by atoms with van der Waals surface area (Å²) < 4.78 is 22.6. The Morgan fingerprint density at radius 1 is 0.929 bits per heavy atom. The Bertz CT molecular complexity index is 1910. The third kappa shape index (κ3) is 5.68. The number of ether oxygens (including phenoxy) is 1. The van der Waals surface area contributed by atoms with Crippen LogP contribution in [-0.4, -0.2) is 30.8 Å². The monoisotopic (exact) mass is 561 g/mol. The molecule has 0 spiro atoms. The molecule has 6 aromatic rings. The highest BCUT2D eigenvalue weighted by Gasteiger charge is 2.17. The summed E-state index contributed by atoms with van der Waals surface area (Å²) in [6.45, 7) is 4.13. The Kier molecular flexibility index (Phi) is 7.10. The molecule has 0 aliphatic heterocycles. The van der Waals surface area contributed by atoms with Gasteiger partial charge in [-0.05, 0) is 48.4 Å². The molecule has 0 saturated heterocycles. The maximum atomic E-state index is 15.0. The lowest BCUT2D eigenvalue weighted by Gasteiger charge is -2.11. The summed E-state index contributed by atoms with van der Waals surface area (Å²) in [4.78, 5) is 25.2. The second kappa shape index (κ2) is 11.2. The number of aromatic nitrogens is 5. The minimum atomic E-state index is -0.636. The van der Waals surface area contributed by atoms with Gasteiger partial charge >= 0.3 is 6.03 Å². The number of pyridine rings is 2. The third-order valence-electron chi connectivity index (χ3n) is 6.76. The number of aryl methyl sites for hydroxylation is 1. The van der Waals surface area contributed by atoms with Crippen molar-refractivity contribution >= 4 is 28.3 Å². The Morgan fingerprint density at radius 2 is 1.76 bits per heavy atom. The van der Waals surface area contributed by atoms with Gasteiger partial charge in [0.1, 0.15) is 17.3 Å². The van der Waals surface area contributed by atoms with Crippen molar-refractivity contribution < 1.29 is 13.9 Å². The van der Waals surface area contributed by atoms with Gasteiger partial charge < -0.3 is 20.4 Å². The molecule has 42 heavy (non-hydrogen) atoms. The number of urea groups is 1. The third-order valence-corrected chi connectivity index (χ3v) is 6.76. The zero-order chi connectivity index (χ0) is 29.2. The van der Waals surface area contributed by atoms with E-state index in [-0.39, 0.29) is 17.4 Å². The van der Waals surface area contributed by atoms with Crippen LogP contribution in [0, 0.1) is 5.82 Å². The van der Waals surface area contributed by atoms with E-state index >= 15 is 4.39 Å². The number of amides is 2. The van der Waals surface area contributed by atoms with Gasteiger partial charge in [0, 0.05) is 60.0 Å². The van der Waals surface area contributed by atoms with Gasteiger partial charge in [-0.2, -0.15) is 5.10 Å². The number of carbonyl (C=O) groups is 1. The molecule has 4 aromatic heterocycles. The van der Waals surface area contributed by atoms with E-state index in [0.717, 1.165) is 33.4 Å². The minimum Gasteiger partial charge on any atom is -0.457 e. The summed E-state index contributed by atoms with van der Waals surface area (Å²) >= 11 is 0. The summed E-state index contributed by atoms with van der Waals surface area (Å²) in [5.74, 6) is 0.341. The Balaban J connectivity index is 1.18. The van der Waals surface area contributed by atoms with Crippen LogP contribution in [0.4, 0.5) is 20.6 Å². The number of halogens is 1. The molecule has 2 aromatic carbocycles. The van der Waals surface area contributed by atoms with Crippen molar-refractivity contribution in [2.24, 2.45) is 7.05 Å². The van der Waals surface area contributed by atoms with Gasteiger partial charge in [-0.25, -0.2) is 9.18 Å². The lowest BCUT2D eigenvalue weighted by atomic mass is 10.1. The smallest absolute Gasteiger partial charge is 0.323 e. The standard InChI is InChI=1S/C32H28FN7O2/c1-19(2)28-16-30(31(37-28)21-6-8-26-20(13-21)5-4-11-34-26)39-32(41)38-27-9-7-23(14-25(27)33)42-24-10-12-35-29(15-24)22-17-36-40(3)18-22/h4-19,37H,1-3H3,(H2,38,39,41). The average molecular weight is 562 g/mol. The fraction of sp³-hybridized carbons (Fsp3) is 0.125. The van der Waals surface area contributed by atoms with Crippen molar-refractivity contribution in [2.75, 3.05) is 10.6 Å². The molecule has 210 valence electrons. The summed E-state index contributed by atoms with van der Waals surface area (Å²) in [7, 11) is 1.82. The zero-order valence-electron chi connectivity index (χ0n) is 23.2. The summed E-state index contributed by atoms with van der Waals surface area (Å²) in [5.41, 5.74) is 5.61. The molecule has 0 bridgehead atoms. The van der Waals surface area contributed by atoms with E-state index in [2.05, 4.69) is 44.5 Å².